The van der Waals surface area contributed by atoms with Gasteiger partial charge in [0.15, 0.2) is 5.84 Å². The molecule has 10 heteroatoms. The smallest absolute Gasteiger partial charge is 0.300 e. The molecule has 0 aromatic carbocycles. The van der Waals surface area contributed by atoms with E-state index in [4.69, 9.17) is 10.9 Å². The Morgan fingerprint density at radius 3 is 2.89 bits per heavy atom. The van der Waals surface area contributed by atoms with Crippen LogP contribution in [0.3, 0.4) is 0 Å². The molecular formula is C8H16N6O3S. The topological polar surface area (TPSA) is 145 Å². The molecule has 0 saturated carbocycles. The lowest BCUT2D eigenvalue weighted by Gasteiger charge is -2.10. The highest BCUT2D eigenvalue weighted by molar-refractivity contribution is 7.90. The Morgan fingerprint density at radius 2 is 2.33 bits per heavy atom. The summed E-state index contributed by atoms with van der Waals surface area (Å²) in [5.74, 6) is -0.0428. The summed E-state index contributed by atoms with van der Waals surface area (Å²) in [6.45, 7) is 4.05. The molecule has 6 N–H and O–H groups in total. The van der Waals surface area contributed by atoms with Crippen molar-refractivity contribution in [1.29, 1.82) is 0 Å². The summed E-state index contributed by atoms with van der Waals surface area (Å²) in [6.07, 6.45) is 1.25. The van der Waals surface area contributed by atoms with E-state index in [0.717, 1.165) is 0 Å². The van der Waals surface area contributed by atoms with E-state index in [2.05, 4.69) is 24.8 Å². The van der Waals surface area contributed by atoms with Crippen LogP contribution in [0.25, 0.3) is 0 Å². The van der Waals surface area contributed by atoms with E-state index in [1.165, 1.54) is 6.20 Å². The summed E-state index contributed by atoms with van der Waals surface area (Å²) in [7, 11) is -3.73. The molecule has 1 heterocycles. The lowest BCUT2D eigenvalue weighted by atomic mass is 10.2. The van der Waals surface area contributed by atoms with Gasteiger partial charge in [-0.15, -0.1) is 0 Å². The molecule has 1 rings (SSSR count). The molecule has 9 nitrogen and oxygen atoms in total. The van der Waals surface area contributed by atoms with Gasteiger partial charge < -0.3 is 10.9 Å². The van der Waals surface area contributed by atoms with Crippen LogP contribution in [0.4, 0.5) is 5.82 Å². The van der Waals surface area contributed by atoms with Gasteiger partial charge >= 0.3 is 0 Å². The minimum absolute atomic E-state index is 0.0292. The number of aromatic amines is 1. The summed E-state index contributed by atoms with van der Waals surface area (Å²) in [5, 5.41) is 17.3. The van der Waals surface area contributed by atoms with Gasteiger partial charge in [-0.3, -0.25) is 9.82 Å². The highest BCUT2D eigenvalue weighted by Crippen LogP contribution is 2.11. The maximum absolute atomic E-state index is 11.7. The van der Waals surface area contributed by atoms with E-state index < -0.39 is 10.2 Å². The van der Waals surface area contributed by atoms with Gasteiger partial charge in [0.05, 0.1) is 11.8 Å². The zero-order chi connectivity index (χ0) is 13.8. The third-order valence-corrected chi connectivity index (χ3v) is 2.96. The van der Waals surface area contributed by atoms with Crippen LogP contribution in [-0.4, -0.2) is 36.2 Å². The molecule has 0 amide bonds. The highest BCUT2D eigenvalue weighted by Gasteiger charge is 2.16. The third kappa shape index (κ3) is 3.89. The van der Waals surface area contributed by atoms with Gasteiger partial charge in [0.25, 0.3) is 10.2 Å². The van der Waals surface area contributed by atoms with Crippen LogP contribution < -0.4 is 15.2 Å². The second-order valence-corrected chi connectivity index (χ2v) is 5.49. The highest BCUT2D eigenvalue weighted by atomic mass is 32.2. The molecule has 0 radical (unpaired) electrons. The number of nitrogens with two attached hydrogens (primary N) is 1. The number of H-pyrrole nitrogens is 1. The molecule has 0 saturated heterocycles. The first-order chi connectivity index (χ1) is 8.35. The number of aromatic nitrogens is 2. The van der Waals surface area contributed by atoms with Crippen molar-refractivity contribution in [2.45, 2.75) is 13.8 Å². The van der Waals surface area contributed by atoms with Crippen molar-refractivity contribution in [3.63, 3.8) is 0 Å². The number of anilines is 1. The van der Waals surface area contributed by atoms with E-state index in [0.29, 0.717) is 6.54 Å². The van der Waals surface area contributed by atoms with Gasteiger partial charge in [-0.1, -0.05) is 19.0 Å². The quantitative estimate of drug-likeness (QED) is 0.204. The largest absolute Gasteiger partial charge is 0.409 e. The van der Waals surface area contributed by atoms with Crippen LogP contribution in [0, 0.1) is 5.92 Å². The summed E-state index contributed by atoms with van der Waals surface area (Å²) in [5.41, 5.74) is 5.52. The minimum atomic E-state index is -3.73. The molecule has 0 aliphatic carbocycles. The van der Waals surface area contributed by atoms with E-state index in [1.54, 1.807) is 0 Å². The average molecular weight is 276 g/mol. The van der Waals surface area contributed by atoms with E-state index >= 15 is 0 Å². The summed E-state index contributed by atoms with van der Waals surface area (Å²) >= 11 is 0. The average Bonchev–Trinajstić information content (AvgIpc) is 2.73. The van der Waals surface area contributed by atoms with Crippen molar-refractivity contribution >= 4 is 21.9 Å². The van der Waals surface area contributed by atoms with Crippen LogP contribution in [-0.2, 0) is 10.2 Å². The fourth-order valence-electron chi connectivity index (χ4n) is 1.06. The number of amidine groups is 1. The number of nitrogens with zero attached hydrogens (tertiary/aromatic N) is 2. The van der Waals surface area contributed by atoms with Crippen molar-refractivity contribution in [2.75, 3.05) is 11.3 Å². The van der Waals surface area contributed by atoms with Crippen LogP contribution in [0.15, 0.2) is 11.4 Å². The fraction of sp³-hybridized carbons (Fsp3) is 0.500. The lowest BCUT2D eigenvalue weighted by Crippen LogP contribution is -2.33. The number of hydrogen-bond donors (Lipinski definition) is 5. The molecule has 0 spiro atoms. The Morgan fingerprint density at radius 1 is 1.67 bits per heavy atom. The van der Waals surface area contributed by atoms with E-state index in [-0.39, 0.29) is 23.1 Å². The predicted octanol–water partition coefficient (Wildman–Crippen LogP) is -0.593. The van der Waals surface area contributed by atoms with Gasteiger partial charge in [0, 0.05) is 6.54 Å². The fourth-order valence-corrected chi connectivity index (χ4v) is 2.11. The van der Waals surface area contributed by atoms with Crippen molar-refractivity contribution in [3.8, 4) is 0 Å². The van der Waals surface area contributed by atoms with Crippen molar-refractivity contribution < 1.29 is 13.6 Å². The lowest BCUT2D eigenvalue weighted by molar-refractivity contribution is 0.318. The zero-order valence-electron chi connectivity index (χ0n) is 10.0. The molecule has 0 unspecified atom stereocenters. The van der Waals surface area contributed by atoms with Crippen LogP contribution in [0.5, 0.6) is 0 Å². The number of rotatable bonds is 6. The monoisotopic (exact) mass is 276 g/mol. The first-order valence-electron chi connectivity index (χ1n) is 5.14. The van der Waals surface area contributed by atoms with Crippen LogP contribution >= 0.6 is 0 Å². The molecule has 1 aromatic rings. The summed E-state index contributed by atoms with van der Waals surface area (Å²) in [4.78, 5) is 0. The first-order valence-corrected chi connectivity index (χ1v) is 6.62. The standard InChI is InChI=1S/C8H16N6O3S/c1-5(2)3-11-18(16,17)14-8-6(4-10-12-8)7(9)13-15/h4-5,11,15H,3H2,1-2H3,(H2,9,13)(H2,10,12,14). The molecule has 0 bridgehead atoms. The Bertz CT molecular complexity index is 521. The number of nitrogens with one attached hydrogen (secondary N) is 3. The zero-order valence-corrected chi connectivity index (χ0v) is 10.8. The second kappa shape index (κ2) is 5.69. The van der Waals surface area contributed by atoms with Crippen molar-refractivity contribution in [2.24, 2.45) is 16.8 Å². The molecule has 102 valence electrons. The molecule has 18 heavy (non-hydrogen) atoms. The van der Waals surface area contributed by atoms with Crippen LogP contribution in [0.2, 0.25) is 0 Å². The number of oxime groups is 1. The summed E-state index contributed by atoms with van der Waals surface area (Å²) < 4.78 is 27.9. The molecule has 0 aliphatic heterocycles. The van der Waals surface area contributed by atoms with E-state index in [1.807, 2.05) is 13.8 Å². The van der Waals surface area contributed by atoms with Crippen molar-refractivity contribution in [3.05, 3.63) is 11.8 Å². The third-order valence-electron chi connectivity index (χ3n) is 1.94. The molecule has 0 atom stereocenters. The van der Waals surface area contributed by atoms with Gasteiger partial charge in [-0.05, 0) is 5.92 Å². The van der Waals surface area contributed by atoms with Gasteiger partial charge in [-0.2, -0.15) is 18.2 Å². The Kier molecular flexibility index (Phi) is 4.50. The van der Waals surface area contributed by atoms with Crippen LogP contribution in [0.1, 0.15) is 19.4 Å². The van der Waals surface area contributed by atoms with Gasteiger partial charge in [0.1, 0.15) is 5.82 Å². The van der Waals surface area contributed by atoms with Crippen molar-refractivity contribution in [1.82, 2.24) is 14.9 Å². The first kappa shape index (κ1) is 14.3. The van der Waals surface area contributed by atoms with Gasteiger partial charge in [0.2, 0.25) is 0 Å². The Labute approximate surface area is 105 Å². The molecule has 0 fully saturated rings. The molecule has 1 aromatic heterocycles. The second-order valence-electron chi connectivity index (χ2n) is 3.99. The minimum Gasteiger partial charge on any atom is -0.409 e. The predicted molar refractivity (Wildman–Crippen MR) is 66.5 cm³/mol. The molecular weight excluding hydrogens is 260 g/mol. The van der Waals surface area contributed by atoms with Gasteiger partial charge in [-0.25, -0.2) is 0 Å². The maximum Gasteiger partial charge on any atom is 0.300 e. The maximum atomic E-state index is 11.7. The van der Waals surface area contributed by atoms with E-state index in [9.17, 15) is 8.42 Å². The Hall–Kier alpha value is -1.81. The summed E-state index contributed by atoms with van der Waals surface area (Å²) in [6, 6.07) is 0. The normalized spacial score (nSPS) is 12.9. The SMILES string of the molecule is CC(C)CNS(=O)(=O)Nc1[nH]ncc1C(N)=NO. The number of hydrogen-bond acceptors (Lipinski definition) is 5. The Balaban J connectivity index is 2.82. The molecule has 0 aliphatic rings.